The summed E-state index contributed by atoms with van der Waals surface area (Å²) in [5.74, 6) is -0.779. The van der Waals surface area contributed by atoms with Gasteiger partial charge in [-0.25, -0.2) is 8.42 Å². The van der Waals surface area contributed by atoms with Gasteiger partial charge in [-0.2, -0.15) is 0 Å². The zero-order valence-electron chi connectivity index (χ0n) is 17.5. The first-order chi connectivity index (χ1) is 14.7. The summed E-state index contributed by atoms with van der Waals surface area (Å²) in [6.45, 7) is 2.88. The highest BCUT2D eigenvalue weighted by Crippen LogP contribution is 2.32. The average Bonchev–Trinajstić information content (AvgIpc) is 3.35. The predicted octanol–water partition coefficient (Wildman–Crippen LogP) is 0.503. The fourth-order valence-electron chi connectivity index (χ4n) is 3.56. The fraction of sp³-hybridized carbons (Fsp3) is 0.550. The molecule has 2 aliphatic rings. The molecular weight excluding hydrogens is 428 g/mol. The number of fused-ring (bicyclic) bond motifs is 1. The van der Waals surface area contributed by atoms with Crippen molar-refractivity contribution < 1.29 is 37.0 Å². The van der Waals surface area contributed by atoms with Crippen LogP contribution in [0.15, 0.2) is 18.2 Å². The van der Waals surface area contributed by atoms with Gasteiger partial charge in [-0.05, 0) is 38.0 Å². The van der Waals surface area contributed by atoms with Crippen LogP contribution in [-0.4, -0.2) is 74.6 Å². The van der Waals surface area contributed by atoms with E-state index in [9.17, 15) is 22.8 Å². The molecule has 3 rings (SSSR count). The minimum absolute atomic E-state index is 0.0452. The third-order valence-corrected chi connectivity index (χ3v) is 7.09. The molecule has 0 aliphatic carbocycles. The van der Waals surface area contributed by atoms with Gasteiger partial charge in [0.2, 0.25) is 6.79 Å². The van der Waals surface area contributed by atoms with Crippen LogP contribution in [0.25, 0.3) is 0 Å². The first-order valence-electron chi connectivity index (χ1n) is 10.0. The molecule has 1 aromatic carbocycles. The lowest BCUT2D eigenvalue weighted by molar-refractivity contribution is -0.153. The molecule has 2 aliphatic heterocycles. The van der Waals surface area contributed by atoms with Crippen LogP contribution in [0.4, 0.5) is 0 Å². The smallest absolute Gasteiger partial charge is 0.325 e. The van der Waals surface area contributed by atoms with Gasteiger partial charge in [0.05, 0.1) is 11.5 Å². The average molecular weight is 455 g/mol. The molecule has 0 aromatic heterocycles. The molecule has 0 spiro atoms. The maximum atomic E-state index is 12.7. The number of esters is 1. The van der Waals surface area contributed by atoms with Gasteiger partial charge >= 0.3 is 5.97 Å². The van der Waals surface area contributed by atoms with Gasteiger partial charge in [-0.3, -0.25) is 14.4 Å². The van der Waals surface area contributed by atoms with E-state index >= 15 is 0 Å². The number of carbonyl (C=O) groups excluding carboxylic acids is 3. The van der Waals surface area contributed by atoms with E-state index in [-0.39, 0.29) is 24.3 Å². The largest absolute Gasteiger partial charge is 0.454 e. The maximum absolute atomic E-state index is 12.7. The Kier molecular flexibility index (Phi) is 7.04. The molecule has 1 fully saturated rings. The summed E-state index contributed by atoms with van der Waals surface area (Å²) in [4.78, 5) is 38.4. The first-order valence-corrected chi connectivity index (χ1v) is 11.9. The standard InChI is InChI=1S/C20H26N2O8S/c1-3-13(2)22(15-6-7-31(26,27)11-15)18(23)10-28-19(24)9-21-20(25)14-4-5-16-17(8-14)30-12-29-16/h4-5,8,13,15H,3,6-7,9-12H2,1-2H3,(H,21,25)/t13-,15-/m1/s1. The minimum Gasteiger partial charge on any atom is -0.454 e. The highest BCUT2D eigenvalue weighted by Gasteiger charge is 2.36. The predicted molar refractivity (Wildman–Crippen MR) is 110 cm³/mol. The van der Waals surface area contributed by atoms with Crippen LogP contribution in [0.5, 0.6) is 11.5 Å². The quantitative estimate of drug-likeness (QED) is 0.563. The fourth-order valence-corrected chi connectivity index (χ4v) is 5.27. The molecule has 1 aromatic rings. The Morgan fingerprint density at radius 3 is 2.68 bits per heavy atom. The molecule has 1 saturated heterocycles. The van der Waals surface area contributed by atoms with E-state index < -0.39 is 46.8 Å². The zero-order chi connectivity index (χ0) is 22.6. The number of hydrogen-bond acceptors (Lipinski definition) is 8. The van der Waals surface area contributed by atoms with Gasteiger partial charge in [-0.15, -0.1) is 0 Å². The van der Waals surface area contributed by atoms with Gasteiger partial charge in [-0.1, -0.05) is 6.92 Å². The van der Waals surface area contributed by atoms with Crippen LogP contribution >= 0.6 is 0 Å². The Labute approximate surface area is 180 Å². The molecule has 11 heteroatoms. The van der Waals surface area contributed by atoms with Crippen molar-refractivity contribution in [3.8, 4) is 11.5 Å². The summed E-state index contributed by atoms with van der Waals surface area (Å²) in [5, 5.41) is 2.43. The number of rotatable bonds is 8. The number of ether oxygens (including phenoxy) is 3. The van der Waals surface area contributed by atoms with E-state index in [4.69, 9.17) is 14.2 Å². The Bertz CT molecular complexity index is 962. The Hall–Kier alpha value is -2.82. The Morgan fingerprint density at radius 2 is 2.00 bits per heavy atom. The number of sulfone groups is 1. The van der Waals surface area contributed by atoms with Crippen molar-refractivity contribution in [1.29, 1.82) is 0 Å². The van der Waals surface area contributed by atoms with E-state index in [0.29, 0.717) is 29.9 Å². The third kappa shape index (κ3) is 5.66. The molecule has 31 heavy (non-hydrogen) atoms. The van der Waals surface area contributed by atoms with Crippen molar-refractivity contribution in [1.82, 2.24) is 10.2 Å². The van der Waals surface area contributed by atoms with Crippen LogP contribution in [0, 0.1) is 0 Å². The van der Waals surface area contributed by atoms with Crippen LogP contribution in [0.2, 0.25) is 0 Å². The molecule has 10 nitrogen and oxygen atoms in total. The topological polar surface area (TPSA) is 128 Å². The zero-order valence-corrected chi connectivity index (χ0v) is 18.3. The van der Waals surface area contributed by atoms with Crippen LogP contribution in [0.1, 0.15) is 37.0 Å². The Balaban J connectivity index is 1.49. The monoisotopic (exact) mass is 454 g/mol. The summed E-state index contributed by atoms with van der Waals surface area (Å²) < 4.78 is 39.0. The number of carbonyl (C=O) groups is 3. The molecule has 0 saturated carbocycles. The van der Waals surface area contributed by atoms with Crippen LogP contribution in [0.3, 0.4) is 0 Å². The molecule has 2 amide bonds. The lowest BCUT2D eigenvalue weighted by Gasteiger charge is -2.33. The normalized spacial score (nSPS) is 19.5. The number of amides is 2. The molecule has 2 atom stereocenters. The summed E-state index contributed by atoms with van der Waals surface area (Å²) >= 11 is 0. The summed E-state index contributed by atoms with van der Waals surface area (Å²) in [6, 6.07) is 4.04. The molecule has 1 N–H and O–H groups in total. The molecule has 0 unspecified atom stereocenters. The molecule has 2 heterocycles. The van der Waals surface area contributed by atoms with Crippen molar-refractivity contribution in [2.24, 2.45) is 0 Å². The highest BCUT2D eigenvalue weighted by molar-refractivity contribution is 7.91. The van der Waals surface area contributed by atoms with Crippen molar-refractivity contribution in [2.45, 2.75) is 38.8 Å². The SMILES string of the molecule is CC[C@@H](C)N(C(=O)COC(=O)CNC(=O)c1ccc2c(c1)OCO2)[C@@H]1CCS(=O)(=O)C1. The number of nitrogens with one attached hydrogen (secondary N) is 1. The van der Waals surface area contributed by atoms with E-state index in [2.05, 4.69) is 5.32 Å². The van der Waals surface area contributed by atoms with Gasteiger partial charge < -0.3 is 24.4 Å². The van der Waals surface area contributed by atoms with Crippen molar-refractivity contribution >= 4 is 27.6 Å². The van der Waals surface area contributed by atoms with Crippen molar-refractivity contribution in [2.75, 3.05) is 31.5 Å². The summed E-state index contributed by atoms with van der Waals surface area (Å²) in [6.07, 6.45) is 1.01. The van der Waals surface area contributed by atoms with Crippen molar-refractivity contribution in [3.05, 3.63) is 23.8 Å². The summed E-state index contributed by atoms with van der Waals surface area (Å²) in [5.41, 5.74) is 0.290. The molecular formula is C20H26N2O8S. The second kappa shape index (κ2) is 9.54. The van der Waals surface area contributed by atoms with Crippen molar-refractivity contribution in [3.63, 3.8) is 0 Å². The van der Waals surface area contributed by atoms with E-state index in [1.807, 2.05) is 13.8 Å². The number of hydrogen-bond donors (Lipinski definition) is 1. The highest BCUT2D eigenvalue weighted by atomic mass is 32.2. The Morgan fingerprint density at radius 1 is 1.26 bits per heavy atom. The van der Waals surface area contributed by atoms with Crippen LogP contribution < -0.4 is 14.8 Å². The van der Waals surface area contributed by atoms with Gasteiger partial charge in [0.15, 0.2) is 27.9 Å². The molecule has 0 radical (unpaired) electrons. The second-order valence-electron chi connectivity index (χ2n) is 7.53. The number of benzene rings is 1. The van der Waals surface area contributed by atoms with Gasteiger partial charge in [0.25, 0.3) is 11.8 Å². The number of nitrogens with zero attached hydrogens (tertiary/aromatic N) is 1. The lowest BCUT2D eigenvalue weighted by atomic mass is 10.1. The van der Waals surface area contributed by atoms with E-state index in [1.54, 1.807) is 6.07 Å². The molecule has 170 valence electrons. The third-order valence-electron chi connectivity index (χ3n) is 5.34. The maximum Gasteiger partial charge on any atom is 0.325 e. The lowest BCUT2D eigenvalue weighted by Crippen LogP contribution is -2.48. The van der Waals surface area contributed by atoms with Crippen LogP contribution in [-0.2, 0) is 24.2 Å². The molecule has 0 bridgehead atoms. The summed E-state index contributed by atoms with van der Waals surface area (Å²) in [7, 11) is -3.16. The first kappa shape index (κ1) is 22.9. The van der Waals surface area contributed by atoms with Gasteiger partial charge in [0.1, 0.15) is 6.54 Å². The second-order valence-corrected chi connectivity index (χ2v) is 9.76. The van der Waals surface area contributed by atoms with E-state index in [0.717, 1.165) is 0 Å². The van der Waals surface area contributed by atoms with E-state index in [1.165, 1.54) is 17.0 Å². The van der Waals surface area contributed by atoms with Gasteiger partial charge in [0, 0.05) is 17.6 Å². The minimum atomic E-state index is -3.16.